The molecule has 1 amide bonds. The first-order chi connectivity index (χ1) is 15.1. The predicted octanol–water partition coefficient (Wildman–Crippen LogP) is 3.46. The summed E-state index contributed by atoms with van der Waals surface area (Å²) in [4.78, 5) is 21.2. The van der Waals surface area contributed by atoms with Crippen molar-refractivity contribution in [3.8, 4) is 11.4 Å². The van der Waals surface area contributed by atoms with Crippen LogP contribution in [0.1, 0.15) is 5.56 Å². The van der Waals surface area contributed by atoms with Gasteiger partial charge in [0.15, 0.2) is 5.16 Å². The van der Waals surface area contributed by atoms with Gasteiger partial charge in [0.05, 0.1) is 18.6 Å². The first kappa shape index (κ1) is 21.4. The minimum Gasteiger partial charge on any atom is -0.497 e. The van der Waals surface area contributed by atoms with E-state index in [2.05, 4.69) is 9.88 Å². The van der Waals surface area contributed by atoms with Crippen LogP contribution in [0.4, 0.5) is 4.39 Å². The third-order valence-corrected chi connectivity index (χ3v) is 6.29. The molecule has 2 aromatic carbocycles. The van der Waals surface area contributed by atoms with Gasteiger partial charge in [0.1, 0.15) is 11.6 Å². The molecule has 1 aliphatic rings. The SMILES string of the molecule is COc1cccc(-n2ccnc2SCC(=O)N2CCN(Cc3ccccc3F)CC2)c1. The van der Waals surface area contributed by atoms with Gasteiger partial charge in [-0.1, -0.05) is 36.0 Å². The maximum absolute atomic E-state index is 13.9. The van der Waals surface area contributed by atoms with E-state index in [-0.39, 0.29) is 11.7 Å². The smallest absolute Gasteiger partial charge is 0.233 e. The average molecular weight is 441 g/mol. The highest BCUT2D eigenvalue weighted by molar-refractivity contribution is 7.99. The summed E-state index contributed by atoms with van der Waals surface area (Å²) in [6.45, 7) is 3.35. The van der Waals surface area contributed by atoms with Gasteiger partial charge in [0, 0.05) is 56.7 Å². The van der Waals surface area contributed by atoms with Gasteiger partial charge in [-0.05, 0) is 18.2 Å². The Kier molecular flexibility index (Phi) is 6.89. The van der Waals surface area contributed by atoms with E-state index in [1.165, 1.54) is 17.8 Å². The Hall–Kier alpha value is -2.84. The number of ether oxygens (including phenoxy) is 1. The van der Waals surface area contributed by atoms with Crippen molar-refractivity contribution in [3.05, 3.63) is 72.3 Å². The fourth-order valence-corrected chi connectivity index (χ4v) is 4.47. The highest BCUT2D eigenvalue weighted by Crippen LogP contribution is 2.23. The Bertz CT molecular complexity index is 1030. The molecule has 0 atom stereocenters. The van der Waals surface area contributed by atoms with Crippen LogP contribution in [0.15, 0.2) is 66.1 Å². The summed E-state index contributed by atoms with van der Waals surface area (Å²) < 4.78 is 21.1. The molecule has 1 aliphatic heterocycles. The first-order valence-corrected chi connectivity index (χ1v) is 11.2. The first-order valence-electron chi connectivity index (χ1n) is 10.2. The van der Waals surface area contributed by atoms with Crippen LogP contribution in [0, 0.1) is 5.82 Å². The van der Waals surface area contributed by atoms with E-state index in [4.69, 9.17) is 4.74 Å². The monoisotopic (exact) mass is 440 g/mol. The lowest BCUT2D eigenvalue weighted by Crippen LogP contribution is -2.48. The van der Waals surface area contributed by atoms with Gasteiger partial charge in [-0.3, -0.25) is 14.3 Å². The number of halogens is 1. The molecule has 0 radical (unpaired) electrons. The lowest BCUT2D eigenvalue weighted by atomic mass is 10.2. The Labute approximate surface area is 185 Å². The molecule has 31 heavy (non-hydrogen) atoms. The number of hydrogen-bond donors (Lipinski definition) is 0. The summed E-state index contributed by atoms with van der Waals surface area (Å²) in [7, 11) is 1.64. The highest BCUT2D eigenvalue weighted by atomic mass is 32.2. The highest BCUT2D eigenvalue weighted by Gasteiger charge is 2.22. The maximum atomic E-state index is 13.9. The van der Waals surface area contributed by atoms with Crippen molar-refractivity contribution in [2.45, 2.75) is 11.7 Å². The molecule has 0 unspecified atom stereocenters. The fraction of sp³-hybridized carbons (Fsp3) is 0.304. The molecular formula is C23H25FN4O2S. The molecule has 0 N–H and O–H groups in total. The third kappa shape index (κ3) is 5.26. The summed E-state index contributed by atoms with van der Waals surface area (Å²) in [5.41, 5.74) is 1.63. The van der Waals surface area contributed by atoms with E-state index < -0.39 is 0 Å². The molecule has 0 spiro atoms. The molecule has 162 valence electrons. The molecule has 8 heteroatoms. The van der Waals surface area contributed by atoms with Crippen LogP contribution in [0.25, 0.3) is 5.69 Å². The quantitative estimate of drug-likeness (QED) is 0.527. The van der Waals surface area contributed by atoms with Crippen molar-refractivity contribution in [2.75, 3.05) is 39.0 Å². The summed E-state index contributed by atoms with van der Waals surface area (Å²) in [5, 5.41) is 0.764. The number of amides is 1. The second kappa shape index (κ2) is 9.98. The van der Waals surface area contributed by atoms with Crippen LogP contribution >= 0.6 is 11.8 Å². The second-order valence-corrected chi connectivity index (χ2v) is 8.26. The Balaban J connectivity index is 1.30. The lowest BCUT2D eigenvalue weighted by Gasteiger charge is -2.34. The van der Waals surface area contributed by atoms with Crippen molar-refractivity contribution in [3.63, 3.8) is 0 Å². The van der Waals surface area contributed by atoms with E-state index in [0.29, 0.717) is 31.0 Å². The van der Waals surface area contributed by atoms with Gasteiger partial charge in [-0.2, -0.15) is 0 Å². The second-order valence-electron chi connectivity index (χ2n) is 7.32. The number of carbonyl (C=O) groups is 1. The summed E-state index contributed by atoms with van der Waals surface area (Å²) in [6.07, 6.45) is 3.61. The molecule has 0 saturated carbocycles. The van der Waals surface area contributed by atoms with Crippen LogP contribution in [-0.4, -0.2) is 64.3 Å². The molecule has 6 nitrogen and oxygen atoms in total. The number of carbonyl (C=O) groups excluding carboxylic acids is 1. The largest absolute Gasteiger partial charge is 0.497 e. The topological polar surface area (TPSA) is 50.6 Å². The Morgan fingerprint density at radius 3 is 2.71 bits per heavy atom. The molecule has 3 aromatic rings. The minimum absolute atomic E-state index is 0.0933. The van der Waals surface area contributed by atoms with Gasteiger partial charge in [-0.25, -0.2) is 9.37 Å². The number of hydrogen-bond acceptors (Lipinski definition) is 5. The van der Waals surface area contributed by atoms with Crippen LogP contribution in [0.5, 0.6) is 5.75 Å². The van der Waals surface area contributed by atoms with E-state index in [1.807, 2.05) is 52.1 Å². The third-order valence-electron chi connectivity index (χ3n) is 5.34. The molecular weight excluding hydrogens is 415 g/mol. The number of thioether (sulfide) groups is 1. The van der Waals surface area contributed by atoms with Gasteiger partial charge < -0.3 is 9.64 Å². The van der Waals surface area contributed by atoms with Gasteiger partial charge in [-0.15, -0.1) is 0 Å². The number of piperazine rings is 1. The fourth-order valence-electron chi connectivity index (χ4n) is 3.59. The van der Waals surface area contributed by atoms with E-state index in [0.717, 1.165) is 29.7 Å². The molecule has 1 fully saturated rings. The van der Waals surface area contributed by atoms with Crippen molar-refractivity contribution in [1.82, 2.24) is 19.4 Å². The number of aromatic nitrogens is 2. The Morgan fingerprint density at radius 2 is 1.94 bits per heavy atom. The Morgan fingerprint density at radius 1 is 1.13 bits per heavy atom. The van der Waals surface area contributed by atoms with Crippen LogP contribution in [0.3, 0.4) is 0 Å². The van der Waals surface area contributed by atoms with Gasteiger partial charge in [0.2, 0.25) is 5.91 Å². The summed E-state index contributed by atoms with van der Waals surface area (Å²) in [6, 6.07) is 14.6. The number of benzene rings is 2. The number of methoxy groups -OCH3 is 1. The molecule has 2 heterocycles. The number of rotatable bonds is 7. The maximum Gasteiger partial charge on any atom is 0.233 e. The van der Waals surface area contributed by atoms with E-state index >= 15 is 0 Å². The van der Waals surface area contributed by atoms with Gasteiger partial charge >= 0.3 is 0 Å². The lowest BCUT2D eigenvalue weighted by molar-refractivity contribution is -0.130. The van der Waals surface area contributed by atoms with E-state index in [9.17, 15) is 9.18 Å². The zero-order valence-corrected chi connectivity index (χ0v) is 18.2. The minimum atomic E-state index is -0.177. The van der Waals surface area contributed by atoms with Crippen molar-refractivity contribution >= 4 is 17.7 Å². The number of nitrogens with zero attached hydrogens (tertiary/aromatic N) is 4. The zero-order chi connectivity index (χ0) is 21.6. The summed E-state index contributed by atoms with van der Waals surface area (Å²) in [5.74, 6) is 1.01. The number of imidazole rings is 1. The molecule has 0 aliphatic carbocycles. The van der Waals surface area contributed by atoms with Crippen molar-refractivity contribution in [1.29, 1.82) is 0 Å². The molecule has 0 bridgehead atoms. The van der Waals surface area contributed by atoms with Crippen LogP contribution < -0.4 is 4.74 Å². The zero-order valence-electron chi connectivity index (χ0n) is 17.4. The van der Waals surface area contributed by atoms with Crippen molar-refractivity contribution < 1.29 is 13.9 Å². The average Bonchev–Trinajstić information content (AvgIpc) is 3.28. The molecule has 4 rings (SSSR count). The van der Waals surface area contributed by atoms with Gasteiger partial charge in [0.25, 0.3) is 0 Å². The molecule has 1 saturated heterocycles. The predicted molar refractivity (Wildman–Crippen MR) is 119 cm³/mol. The standard InChI is InChI=1S/C23H25FN4O2S/c1-30-20-7-4-6-19(15-20)28-10-9-25-23(28)31-17-22(29)27-13-11-26(12-14-27)16-18-5-2-3-8-21(18)24/h2-10,15H,11-14,16-17H2,1H3. The summed E-state index contributed by atoms with van der Waals surface area (Å²) >= 11 is 1.43. The van der Waals surface area contributed by atoms with Crippen LogP contribution in [0.2, 0.25) is 0 Å². The molecule has 1 aromatic heterocycles. The van der Waals surface area contributed by atoms with Crippen molar-refractivity contribution in [2.24, 2.45) is 0 Å². The van der Waals surface area contributed by atoms with Crippen LogP contribution in [-0.2, 0) is 11.3 Å². The van der Waals surface area contributed by atoms with E-state index in [1.54, 1.807) is 19.4 Å². The normalized spacial score (nSPS) is 14.6.